The van der Waals surface area contributed by atoms with Gasteiger partial charge in [0.25, 0.3) is 0 Å². The summed E-state index contributed by atoms with van der Waals surface area (Å²) in [5, 5.41) is 7.62. The van der Waals surface area contributed by atoms with E-state index >= 15 is 0 Å². The molecular formula is HO16S4Ti-. The molecule has 0 aliphatic carbocycles. The van der Waals surface area contributed by atoms with Gasteiger partial charge in [-0.3, -0.25) is 4.33 Å². The van der Waals surface area contributed by atoms with Crippen LogP contribution in [0.1, 0.15) is 0 Å². The van der Waals surface area contributed by atoms with Crippen molar-refractivity contribution in [3.05, 3.63) is 0 Å². The molecule has 0 aromatic heterocycles. The Hall–Kier alpha value is 0.194. The minimum Gasteiger partial charge on any atom is -0.394 e. The molecule has 1 N–H and O–H groups in total. The fourth-order valence-corrected chi connectivity index (χ4v) is 1.84. The molecule has 0 saturated heterocycles. The van der Waals surface area contributed by atoms with Crippen LogP contribution in [0.15, 0.2) is 0 Å². The monoisotopic (exact) mass is 433 g/mol. The molecule has 21 heteroatoms. The first-order valence-electron chi connectivity index (χ1n) is 3.18. The number of hydrogen-bond acceptors (Lipinski definition) is 17. The fourth-order valence-electron chi connectivity index (χ4n) is 0.228. The molecular weight excluding hydrogens is 432 g/mol. The third kappa shape index (κ3) is 12.4. The minimum atomic E-state index is -5.58. The molecule has 0 fully saturated rings. The van der Waals surface area contributed by atoms with E-state index in [0.29, 0.717) is 0 Å². The Balaban J connectivity index is 0. The Bertz CT molecular complexity index is 663. The summed E-state index contributed by atoms with van der Waals surface area (Å²) in [5.41, 5.74) is 0. The van der Waals surface area contributed by atoms with Crippen LogP contribution in [0.4, 0.5) is 0 Å². The molecule has 0 rings (SSSR count). The molecule has 0 saturated carbocycles. The van der Waals surface area contributed by atoms with Crippen LogP contribution in [-0.4, -0.2) is 30.5 Å². The van der Waals surface area contributed by atoms with Crippen LogP contribution >= 0.6 is 0 Å². The summed E-state index contributed by atoms with van der Waals surface area (Å²) in [7, 11) is -19.8. The molecule has 0 aromatic carbocycles. The van der Waals surface area contributed by atoms with Crippen molar-refractivity contribution >= 4 is 42.2 Å². The Morgan fingerprint density at radius 3 is 1.33 bits per heavy atom. The molecule has 0 bridgehead atoms. The smallest absolute Gasteiger partial charge is 0.394 e. The Labute approximate surface area is 133 Å². The van der Waals surface area contributed by atoms with E-state index in [1.807, 2.05) is 0 Å². The summed E-state index contributed by atoms with van der Waals surface area (Å²) in [6, 6.07) is 0. The second-order valence-electron chi connectivity index (χ2n) is 1.91. The van der Waals surface area contributed by atoms with Crippen LogP contribution < -0.4 is 0 Å². The molecule has 0 spiro atoms. The Morgan fingerprint density at radius 1 is 0.667 bits per heavy atom. The van der Waals surface area contributed by atoms with Gasteiger partial charge in [0.05, 0.1) is 11.0 Å². The summed E-state index contributed by atoms with van der Waals surface area (Å²) in [4.78, 5) is 0. The largest absolute Gasteiger partial charge is 0.455 e. The van der Waals surface area contributed by atoms with E-state index in [-0.39, 0.29) is 21.7 Å². The number of rotatable bonds is 10. The van der Waals surface area contributed by atoms with Gasteiger partial charge in [-0.1, -0.05) is 26.0 Å². The van der Waals surface area contributed by atoms with Crippen molar-refractivity contribution in [2.75, 3.05) is 0 Å². The van der Waals surface area contributed by atoms with E-state index in [4.69, 9.17) is 5.26 Å². The first-order valence-corrected chi connectivity index (χ1v) is 8.18. The summed E-state index contributed by atoms with van der Waals surface area (Å²) >= 11 is 0. The van der Waals surface area contributed by atoms with E-state index in [1.54, 1.807) is 0 Å². The third-order valence-electron chi connectivity index (χ3n) is 0.647. The zero-order valence-corrected chi connectivity index (χ0v) is 13.5. The third-order valence-corrected chi connectivity index (χ3v) is 2.44. The van der Waals surface area contributed by atoms with Crippen LogP contribution in [0.2, 0.25) is 0 Å². The summed E-state index contributed by atoms with van der Waals surface area (Å²) in [6.07, 6.45) is 0. The normalized spacial score (nSPS) is 13.0. The van der Waals surface area contributed by atoms with E-state index in [9.17, 15) is 33.7 Å². The summed E-state index contributed by atoms with van der Waals surface area (Å²) < 4.78 is 103. The Kier molecular flexibility index (Phi) is 10.5. The standard InChI is InChI=1S/HO16S4.Ti/c1-10-18(4,5)13-14-20(8,9)16-15-19(6,7)12-11-17(2)3;/h1H;/q-1;. The van der Waals surface area contributed by atoms with Crippen molar-refractivity contribution in [3.8, 4) is 0 Å². The van der Waals surface area contributed by atoms with E-state index in [2.05, 4.69) is 30.3 Å². The maximum Gasteiger partial charge on any atom is 0.455 e. The van der Waals surface area contributed by atoms with Gasteiger partial charge < -0.3 is 8.42 Å². The van der Waals surface area contributed by atoms with Gasteiger partial charge in [-0.2, -0.15) is 25.3 Å². The van der Waals surface area contributed by atoms with Gasteiger partial charge in [0.2, 0.25) is 0 Å². The molecule has 21 heavy (non-hydrogen) atoms. The van der Waals surface area contributed by atoms with Gasteiger partial charge in [0, 0.05) is 21.7 Å². The average molecular weight is 433 g/mol. The van der Waals surface area contributed by atoms with Crippen LogP contribution in [0, 0.1) is 0 Å². The van der Waals surface area contributed by atoms with Crippen molar-refractivity contribution in [3.63, 3.8) is 0 Å². The minimum absolute atomic E-state index is 0. The van der Waals surface area contributed by atoms with Crippen molar-refractivity contribution < 1.29 is 91.0 Å². The zero-order valence-electron chi connectivity index (χ0n) is 8.70. The quantitative estimate of drug-likeness (QED) is 0.160. The van der Waals surface area contributed by atoms with E-state index < -0.39 is 42.2 Å². The zero-order chi connectivity index (χ0) is 16.0. The van der Waals surface area contributed by atoms with Crippen molar-refractivity contribution in [1.29, 1.82) is 0 Å². The van der Waals surface area contributed by atoms with Crippen molar-refractivity contribution in [2.45, 2.75) is 0 Å². The second-order valence-corrected chi connectivity index (χ2v) is 5.73. The van der Waals surface area contributed by atoms with Gasteiger partial charge in [0.15, 0.2) is 0 Å². The molecule has 0 radical (unpaired) electrons. The SMILES string of the molecule is O=[S-](=O)OOS(=O)(=O)OOS(=O)(=O)OOS(=O)(=O)OO.[Ti]. The van der Waals surface area contributed by atoms with Gasteiger partial charge >= 0.3 is 31.2 Å². The molecule has 0 unspecified atom stereocenters. The predicted octanol–water partition coefficient (Wildman–Crippen LogP) is -2.72. The maximum absolute atomic E-state index is 10.6. The molecule has 126 valence electrons. The molecule has 0 atom stereocenters. The molecule has 16 nitrogen and oxygen atoms in total. The molecule has 0 aliphatic rings. The maximum atomic E-state index is 10.6. The van der Waals surface area contributed by atoms with Gasteiger partial charge in [-0.05, 0) is 0 Å². The van der Waals surface area contributed by atoms with E-state index in [0.717, 1.165) is 0 Å². The van der Waals surface area contributed by atoms with Gasteiger partial charge in [-0.15, -0.1) is 0 Å². The number of hydrogen-bond donors (Lipinski definition) is 1. The molecule has 0 heterocycles. The van der Waals surface area contributed by atoms with Crippen LogP contribution in [0.5, 0.6) is 0 Å². The Morgan fingerprint density at radius 2 is 1.00 bits per heavy atom. The van der Waals surface area contributed by atoms with Gasteiger partial charge in [-0.25, -0.2) is 5.26 Å². The van der Waals surface area contributed by atoms with Crippen LogP contribution in [-0.2, 0) is 103 Å². The van der Waals surface area contributed by atoms with Crippen LogP contribution in [0.25, 0.3) is 0 Å². The molecule has 0 aliphatic heterocycles. The van der Waals surface area contributed by atoms with Crippen molar-refractivity contribution in [1.82, 2.24) is 0 Å². The second kappa shape index (κ2) is 9.36. The predicted molar refractivity (Wildman–Crippen MR) is 45.7 cm³/mol. The topological polar surface area (TPSA) is 221 Å². The first-order chi connectivity index (χ1) is 8.89. The van der Waals surface area contributed by atoms with Crippen LogP contribution in [0.3, 0.4) is 0 Å². The molecule has 0 amide bonds. The van der Waals surface area contributed by atoms with E-state index in [1.165, 1.54) is 0 Å². The van der Waals surface area contributed by atoms with Gasteiger partial charge in [0.1, 0.15) is 0 Å². The summed E-state index contributed by atoms with van der Waals surface area (Å²) in [6.45, 7) is 0. The fraction of sp³-hybridized carbons (Fsp3) is 0. The van der Waals surface area contributed by atoms with Crippen molar-refractivity contribution in [2.24, 2.45) is 0 Å². The summed E-state index contributed by atoms with van der Waals surface area (Å²) in [5.74, 6) is 0. The average Bonchev–Trinajstić information content (AvgIpc) is 2.33. The first kappa shape index (κ1) is 23.5. The molecule has 0 aromatic rings.